The van der Waals surface area contributed by atoms with Gasteiger partial charge in [-0.15, -0.1) is 0 Å². The van der Waals surface area contributed by atoms with Crippen LogP contribution in [0.3, 0.4) is 0 Å². The maximum Gasteiger partial charge on any atom is 0.328 e. The number of hydrogen-bond donors (Lipinski definition) is 0. The van der Waals surface area contributed by atoms with Crippen LogP contribution in [0.5, 0.6) is 0 Å². The zero-order chi connectivity index (χ0) is 10.0. The van der Waals surface area contributed by atoms with Gasteiger partial charge in [-0.1, -0.05) is 0 Å². The van der Waals surface area contributed by atoms with Gasteiger partial charge in [-0.25, -0.2) is 4.79 Å². The molecule has 1 atom stereocenters. The van der Waals surface area contributed by atoms with Crippen LogP contribution in [0, 0.1) is 0 Å². The standard InChI is InChI=1S/C8H9NO4/c1-5(8(12)13-2)9-6(10)3-4-7(9)11/h3-5H,1-2H3/t5-/m1/s1. The van der Waals surface area contributed by atoms with Crippen molar-refractivity contribution in [3.8, 4) is 0 Å². The Kier molecular flexibility index (Phi) is 2.46. The van der Waals surface area contributed by atoms with Crippen LogP contribution in [0.2, 0.25) is 0 Å². The molecular formula is C8H9NO4. The van der Waals surface area contributed by atoms with Crippen molar-refractivity contribution in [2.24, 2.45) is 0 Å². The van der Waals surface area contributed by atoms with E-state index in [1.165, 1.54) is 14.0 Å². The first-order chi connectivity index (χ1) is 6.07. The van der Waals surface area contributed by atoms with E-state index in [0.717, 1.165) is 17.1 Å². The van der Waals surface area contributed by atoms with Crippen molar-refractivity contribution in [1.29, 1.82) is 0 Å². The van der Waals surface area contributed by atoms with Crippen molar-refractivity contribution in [2.45, 2.75) is 13.0 Å². The third-order valence-electron chi connectivity index (χ3n) is 1.77. The van der Waals surface area contributed by atoms with E-state index in [-0.39, 0.29) is 0 Å². The van der Waals surface area contributed by atoms with Crippen molar-refractivity contribution in [2.75, 3.05) is 7.11 Å². The summed E-state index contributed by atoms with van der Waals surface area (Å²) in [6, 6.07) is -0.861. The molecule has 13 heavy (non-hydrogen) atoms. The Morgan fingerprint density at radius 2 is 1.85 bits per heavy atom. The molecule has 0 unspecified atom stereocenters. The van der Waals surface area contributed by atoms with Gasteiger partial charge in [-0.3, -0.25) is 14.5 Å². The lowest BCUT2D eigenvalue weighted by Gasteiger charge is -2.19. The number of imide groups is 1. The minimum atomic E-state index is -0.861. The molecule has 1 aliphatic heterocycles. The van der Waals surface area contributed by atoms with Crippen LogP contribution < -0.4 is 0 Å². The number of hydrogen-bond acceptors (Lipinski definition) is 4. The number of rotatable bonds is 2. The molecule has 0 aromatic rings. The molecule has 0 aromatic heterocycles. The second-order valence-corrected chi connectivity index (χ2v) is 2.58. The van der Waals surface area contributed by atoms with Gasteiger partial charge in [-0.2, -0.15) is 0 Å². The van der Waals surface area contributed by atoms with Gasteiger partial charge in [0.05, 0.1) is 7.11 Å². The van der Waals surface area contributed by atoms with Crippen molar-refractivity contribution < 1.29 is 19.1 Å². The Bertz CT molecular complexity index is 277. The first-order valence-corrected chi connectivity index (χ1v) is 3.71. The normalized spacial score (nSPS) is 17.8. The van der Waals surface area contributed by atoms with Gasteiger partial charge < -0.3 is 4.74 Å². The Morgan fingerprint density at radius 3 is 2.23 bits per heavy atom. The highest BCUT2D eigenvalue weighted by molar-refractivity contribution is 6.14. The first-order valence-electron chi connectivity index (χ1n) is 3.71. The van der Waals surface area contributed by atoms with E-state index in [9.17, 15) is 14.4 Å². The number of ether oxygens (including phenoxy) is 1. The van der Waals surface area contributed by atoms with Gasteiger partial charge in [-0.05, 0) is 6.92 Å². The summed E-state index contributed by atoms with van der Waals surface area (Å²) in [6.07, 6.45) is 2.25. The summed E-state index contributed by atoms with van der Waals surface area (Å²) in [5.74, 6) is -1.57. The summed E-state index contributed by atoms with van der Waals surface area (Å²) in [6.45, 7) is 1.44. The van der Waals surface area contributed by atoms with E-state index in [4.69, 9.17) is 0 Å². The number of esters is 1. The average molecular weight is 183 g/mol. The smallest absolute Gasteiger partial charge is 0.328 e. The molecular weight excluding hydrogens is 174 g/mol. The molecule has 1 heterocycles. The molecule has 0 aliphatic carbocycles. The minimum Gasteiger partial charge on any atom is -0.467 e. The van der Waals surface area contributed by atoms with Gasteiger partial charge in [0.2, 0.25) is 0 Å². The molecule has 2 amide bonds. The molecule has 0 fully saturated rings. The molecule has 0 spiro atoms. The first kappa shape index (κ1) is 9.44. The van der Waals surface area contributed by atoms with Crippen LogP contribution in [0.1, 0.15) is 6.92 Å². The van der Waals surface area contributed by atoms with Gasteiger partial charge in [0.25, 0.3) is 11.8 Å². The Morgan fingerprint density at radius 1 is 1.38 bits per heavy atom. The zero-order valence-corrected chi connectivity index (χ0v) is 7.31. The maximum atomic E-state index is 11.1. The van der Waals surface area contributed by atoms with E-state index >= 15 is 0 Å². The van der Waals surface area contributed by atoms with Crippen molar-refractivity contribution in [3.05, 3.63) is 12.2 Å². The lowest BCUT2D eigenvalue weighted by atomic mass is 10.3. The number of methoxy groups -OCH3 is 1. The predicted molar refractivity (Wildman–Crippen MR) is 42.5 cm³/mol. The van der Waals surface area contributed by atoms with Gasteiger partial charge in [0.15, 0.2) is 0 Å². The molecule has 5 nitrogen and oxygen atoms in total. The predicted octanol–water partition coefficient (Wildman–Crippen LogP) is -0.527. The fourth-order valence-corrected chi connectivity index (χ4v) is 1.07. The Labute approximate surface area is 75.0 Å². The molecule has 0 saturated heterocycles. The molecule has 1 aliphatic rings. The summed E-state index contributed by atoms with van der Waals surface area (Å²) in [4.78, 5) is 34.0. The Balaban J connectivity index is 2.78. The maximum absolute atomic E-state index is 11.1. The molecule has 0 saturated carbocycles. The largest absolute Gasteiger partial charge is 0.467 e. The van der Waals surface area contributed by atoms with Crippen LogP contribution in [0.25, 0.3) is 0 Å². The van der Waals surface area contributed by atoms with Crippen LogP contribution in [0.4, 0.5) is 0 Å². The fourth-order valence-electron chi connectivity index (χ4n) is 1.07. The molecule has 0 aromatic carbocycles. The highest BCUT2D eigenvalue weighted by atomic mass is 16.5. The SMILES string of the molecule is COC(=O)[C@@H](C)N1C(=O)C=CC1=O. The topological polar surface area (TPSA) is 63.7 Å². The number of carbonyl (C=O) groups excluding carboxylic acids is 3. The van der Waals surface area contributed by atoms with Gasteiger partial charge in [0, 0.05) is 12.2 Å². The number of amides is 2. The van der Waals surface area contributed by atoms with E-state index in [0.29, 0.717) is 0 Å². The van der Waals surface area contributed by atoms with Crippen LogP contribution >= 0.6 is 0 Å². The summed E-state index contributed by atoms with van der Waals surface area (Å²) in [7, 11) is 1.21. The van der Waals surface area contributed by atoms with Crippen molar-refractivity contribution in [1.82, 2.24) is 4.90 Å². The van der Waals surface area contributed by atoms with Crippen molar-refractivity contribution in [3.63, 3.8) is 0 Å². The van der Waals surface area contributed by atoms with E-state index in [1.54, 1.807) is 0 Å². The van der Waals surface area contributed by atoms with Crippen LogP contribution in [-0.4, -0.2) is 35.8 Å². The monoisotopic (exact) mass is 183 g/mol. The molecule has 1 rings (SSSR count). The van der Waals surface area contributed by atoms with E-state index < -0.39 is 23.8 Å². The summed E-state index contributed by atoms with van der Waals surface area (Å²) in [5.41, 5.74) is 0. The lowest BCUT2D eigenvalue weighted by molar-refractivity contribution is -0.154. The molecule has 5 heteroatoms. The quantitative estimate of drug-likeness (QED) is 0.426. The average Bonchev–Trinajstić information content (AvgIpc) is 2.44. The van der Waals surface area contributed by atoms with Gasteiger partial charge >= 0.3 is 5.97 Å². The van der Waals surface area contributed by atoms with E-state index in [2.05, 4.69) is 4.74 Å². The highest BCUT2D eigenvalue weighted by Gasteiger charge is 2.32. The Hall–Kier alpha value is -1.65. The number of carbonyl (C=O) groups is 3. The lowest BCUT2D eigenvalue weighted by Crippen LogP contribution is -2.43. The zero-order valence-electron chi connectivity index (χ0n) is 7.31. The molecule has 0 radical (unpaired) electrons. The third kappa shape index (κ3) is 1.58. The molecule has 0 N–H and O–H groups in total. The second kappa shape index (κ2) is 3.38. The fraction of sp³-hybridized carbons (Fsp3) is 0.375. The van der Waals surface area contributed by atoms with Crippen molar-refractivity contribution >= 4 is 17.8 Å². The third-order valence-corrected chi connectivity index (χ3v) is 1.77. The number of nitrogens with zero attached hydrogens (tertiary/aromatic N) is 1. The second-order valence-electron chi connectivity index (χ2n) is 2.58. The highest BCUT2D eigenvalue weighted by Crippen LogP contribution is 2.09. The van der Waals surface area contributed by atoms with E-state index in [1.807, 2.05) is 0 Å². The molecule has 0 bridgehead atoms. The van der Waals surface area contributed by atoms with Crippen LogP contribution in [-0.2, 0) is 19.1 Å². The van der Waals surface area contributed by atoms with Crippen LogP contribution in [0.15, 0.2) is 12.2 Å². The summed E-state index contributed by atoms with van der Waals surface area (Å²) < 4.78 is 4.41. The van der Waals surface area contributed by atoms with Gasteiger partial charge in [0.1, 0.15) is 6.04 Å². The summed E-state index contributed by atoms with van der Waals surface area (Å²) >= 11 is 0. The summed E-state index contributed by atoms with van der Waals surface area (Å²) in [5, 5.41) is 0. The molecule has 70 valence electrons. The minimum absolute atomic E-state index is 0.483.